The van der Waals surface area contributed by atoms with Gasteiger partial charge < -0.3 is 9.64 Å². The third kappa shape index (κ3) is 3.58. The zero-order valence-electron chi connectivity index (χ0n) is 12.0. The van der Waals surface area contributed by atoms with Crippen molar-refractivity contribution in [1.82, 2.24) is 9.97 Å². The summed E-state index contributed by atoms with van der Waals surface area (Å²) in [6.45, 7) is 1.66. The first-order chi connectivity index (χ1) is 10.9. The van der Waals surface area contributed by atoms with E-state index in [4.69, 9.17) is 4.74 Å². The molecule has 1 fully saturated rings. The van der Waals surface area contributed by atoms with E-state index in [1.165, 1.54) is 24.3 Å². The first kappa shape index (κ1) is 15.7. The molecule has 1 aliphatic heterocycles. The van der Waals surface area contributed by atoms with E-state index >= 15 is 0 Å². The fraction of sp³-hybridized carbons (Fsp3) is 0.333. The molecule has 1 aliphatic rings. The number of hydrogen-bond acceptors (Lipinski definition) is 4. The Morgan fingerprint density at radius 1 is 1.00 bits per heavy atom. The highest BCUT2D eigenvalue weighted by atomic mass is 19.4. The molecule has 0 amide bonds. The summed E-state index contributed by atoms with van der Waals surface area (Å²) in [6, 6.07) is 6.01. The number of aromatic nitrogens is 2. The Bertz CT molecular complexity index is 682. The quantitative estimate of drug-likeness (QED) is 0.795. The van der Waals surface area contributed by atoms with Gasteiger partial charge in [0.1, 0.15) is 5.82 Å². The summed E-state index contributed by atoms with van der Waals surface area (Å²) >= 11 is 0. The van der Waals surface area contributed by atoms with Crippen LogP contribution in [0.4, 0.5) is 23.5 Å². The number of anilines is 1. The van der Waals surface area contributed by atoms with Crippen molar-refractivity contribution >= 4 is 5.95 Å². The third-order valence-electron chi connectivity index (χ3n) is 3.44. The lowest BCUT2D eigenvalue weighted by atomic mass is 10.1. The van der Waals surface area contributed by atoms with Gasteiger partial charge in [0.2, 0.25) is 5.95 Å². The third-order valence-corrected chi connectivity index (χ3v) is 3.44. The summed E-state index contributed by atoms with van der Waals surface area (Å²) in [6.07, 6.45) is -4.58. The lowest BCUT2D eigenvalue weighted by Crippen LogP contribution is -2.37. The monoisotopic (exact) mass is 327 g/mol. The molecular weight excluding hydrogens is 314 g/mol. The van der Waals surface area contributed by atoms with E-state index in [0.29, 0.717) is 31.9 Å². The molecule has 0 aliphatic carbocycles. The first-order valence-electron chi connectivity index (χ1n) is 6.98. The van der Waals surface area contributed by atoms with Crippen molar-refractivity contribution in [3.8, 4) is 11.3 Å². The Morgan fingerprint density at radius 2 is 1.65 bits per heavy atom. The van der Waals surface area contributed by atoms with E-state index in [1.54, 1.807) is 4.90 Å². The standard InChI is InChI=1S/C15H13F4N3O/c16-11-3-1-10(2-4-11)12-9-13(15(17,18)19)21-14(20-12)22-5-7-23-8-6-22/h1-4,9H,5-8H2. The average molecular weight is 327 g/mol. The molecule has 0 bridgehead atoms. The molecule has 3 rings (SSSR count). The number of rotatable bonds is 2. The zero-order chi connectivity index (χ0) is 16.4. The molecule has 1 aromatic carbocycles. The van der Waals surface area contributed by atoms with Crippen molar-refractivity contribution in [1.29, 1.82) is 0 Å². The summed E-state index contributed by atoms with van der Waals surface area (Å²) in [5.41, 5.74) is -0.518. The Labute approximate surface area is 129 Å². The van der Waals surface area contributed by atoms with Crippen molar-refractivity contribution in [2.45, 2.75) is 6.18 Å². The molecule has 0 radical (unpaired) electrons. The van der Waals surface area contributed by atoms with Gasteiger partial charge in [0, 0.05) is 18.7 Å². The molecule has 2 heterocycles. The molecular formula is C15H13F4N3O. The molecule has 0 saturated carbocycles. The van der Waals surface area contributed by atoms with Crippen molar-refractivity contribution in [3.63, 3.8) is 0 Å². The molecule has 1 aromatic heterocycles. The van der Waals surface area contributed by atoms with Gasteiger partial charge in [-0.15, -0.1) is 0 Å². The smallest absolute Gasteiger partial charge is 0.378 e. The first-order valence-corrected chi connectivity index (χ1v) is 6.98. The highest BCUT2D eigenvalue weighted by molar-refractivity contribution is 5.61. The van der Waals surface area contributed by atoms with Gasteiger partial charge in [-0.2, -0.15) is 13.2 Å². The second-order valence-corrected chi connectivity index (χ2v) is 5.04. The van der Waals surface area contributed by atoms with Crippen molar-refractivity contribution in [3.05, 3.63) is 41.8 Å². The van der Waals surface area contributed by atoms with Crippen LogP contribution in [0.5, 0.6) is 0 Å². The lowest BCUT2D eigenvalue weighted by Gasteiger charge is -2.27. The second kappa shape index (κ2) is 6.11. The van der Waals surface area contributed by atoms with E-state index < -0.39 is 17.7 Å². The Morgan fingerprint density at radius 3 is 2.26 bits per heavy atom. The van der Waals surface area contributed by atoms with Crippen LogP contribution in [0.1, 0.15) is 5.69 Å². The van der Waals surface area contributed by atoms with Crippen LogP contribution in [-0.2, 0) is 10.9 Å². The summed E-state index contributed by atoms with van der Waals surface area (Å²) in [5, 5.41) is 0. The molecule has 1 saturated heterocycles. The average Bonchev–Trinajstić information content (AvgIpc) is 2.55. The van der Waals surface area contributed by atoms with Crippen molar-refractivity contribution < 1.29 is 22.3 Å². The van der Waals surface area contributed by atoms with Crippen LogP contribution in [0.2, 0.25) is 0 Å². The number of ether oxygens (including phenoxy) is 1. The minimum Gasteiger partial charge on any atom is -0.378 e. The maximum atomic E-state index is 13.1. The van der Waals surface area contributed by atoms with Crippen LogP contribution < -0.4 is 4.90 Å². The van der Waals surface area contributed by atoms with Gasteiger partial charge in [0.15, 0.2) is 5.69 Å². The van der Waals surface area contributed by atoms with E-state index in [0.717, 1.165) is 6.07 Å². The van der Waals surface area contributed by atoms with Crippen LogP contribution in [0, 0.1) is 5.82 Å². The normalized spacial score (nSPS) is 15.7. The van der Waals surface area contributed by atoms with Crippen LogP contribution >= 0.6 is 0 Å². The molecule has 0 atom stereocenters. The van der Waals surface area contributed by atoms with Crippen molar-refractivity contribution in [2.24, 2.45) is 0 Å². The predicted octanol–water partition coefficient (Wildman–Crippen LogP) is 3.14. The molecule has 23 heavy (non-hydrogen) atoms. The van der Waals surface area contributed by atoms with Crippen LogP contribution in [0.25, 0.3) is 11.3 Å². The number of benzene rings is 1. The van der Waals surface area contributed by atoms with Gasteiger partial charge in [-0.1, -0.05) is 0 Å². The van der Waals surface area contributed by atoms with E-state index in [-0.39, 0.29) is 11.6 Å². The van der Waals surface area contributed by atoms with E-state index in [2.05, 4.69) is 9.97 Å². The minimum absolute atomic E-state index is 0.00227. The number of alkyl halides is 3. The van der Waals surface area contributed by atoms with Crippen LogP contribution in [-0.4, -0.2) is 36.3 Å². The van der Waals surface area contributed by atoms with Gasteiger partial charge in [0.25, 0.3) is 0 Å². The van der Waals surface area contributed by atoms with E-state index in [9.17, 15) is 17.6 Å². The van der Waals surface area contributed by atoms with Crippen LogP contribution in [0.15, 0.2) is 30.3 Å². The number of halogens is 4. The van der Waals surface area contributed by atoms with E-state index in [1.807, 2.05) is 0 Å². The maximum absolute atomic E-state index is 13.1. The van der Waals surface area contributed by atoms with Crippen LogP contribution in [0.3, 0.4) is 0 Å². The topological polar surface area (TPSA) is 38.2 Å². The van der Waals surface area contributed by atoms with Gasteiger partial charge in [-0.3, -0.25) is 0 Å². The largest absolute Gasteiger partial charge is 0.433 e. The second-order valence-electron chi connectivity index (χ2n) is 5.04. The fourth-order valence-electron chi connectivity index (χ4n) is 2.25. The molecule has 0 spiro atoms. The minimum atomic E-state index is -4.58. The van der Waals surface area contributed by atoms with Gasteiger partial charge in [0.05, 0.1) is 18.9 Å². The molecule has 4 nitrogen and oxygen atoms in total. The predicted molar refractivity (Wildman–Crippen MR) is 75.5 cm³/mol. The highest BCUT2D eigenvalue weighted by Crippen LogP contribution is 2.32. The molecule has 0 N–H and O–H groups in total. The van der Waals surface area contributed by atoms with Gasteiger partial charge in [-0.05, 0) is 30.3 Å². The Hall–Kier alpha value is -2.22. The Balaban J connectivity index is 2.05. The number of nitrogens with zero attached hydrogens (tertiary/aromatic N) is 3. The number of hydrogen-bond donors (Lipinski definition) is 0. The van der Waals surface area contributed by atoms with Gasteiger partial charge in [-0.25, -0.2) is 14.4 Å². The summed E-state index contributed by atoms with van der Waals surface area (Å²) in [5.74, 6) is -0.463. The van der Waals surface area contributed by atoms with Crippen molar-refractivity contribution in [2.75, 3.05) is 31.2 Å². The highest BCUT2D eigenvalue weighted by Gasteiger charge is 2.34. The zero-order valence-corrected chi connectivity index (χ0v) is 12.0. The number of morpholine rings is 1. The summed E-state index contributed by atoms with van der Waals surface area (Å²) < 4.78 is 57.5. The Kier molecular flexibility index (Phi) is 4.16. The SMILES string of the molecule is Fc1ccc(-c2cc(C(F)(F)F)nc(N3CCOCC3)n2)cc1. The summed E-state index contributed by atoms with van der Waals surface area (Å²) in [4.78, 5) is 9.48. The molecule has 122 valence electrons. The fourth-order valence-corrected chi connectivity index (χ4v) is 2.25. The maximum Gasteiger partial charge on any atom is 0.433 e. The molecule has 2 aromatic rings. The summed E-state index contributed by atoms with van der Waals surface area (Å²) in [7, 11) is 0. The molecule has 0 unspecified atom stereocenters. The lowest BCUT2D eigenvalue weighted by molar-refractivity contribution is -0.141. The van der Waals surface area contributed by atoms with Gasteiger partial charge >= 0.3 is 6.18 Å². The molecule has 8 heteroatoms.